The van der Waals surface area contributed by atoms with Crippen molar-refractivity contribution in [1.82, 2.24) is 30.2 Å². The van der Waals surface area contributed by atoms with Crippen molar-refractivity contribution in [3.05, 3.63) is 52.3 Å². The molecule has 1 fully saturated rings. The molecule has 164 valence electrons. The summed E-state index contributed by atoms with van der Waals surface area (Å²) < 4.78 is 1.45. The third-order valence-corrected chi connectivity index (χ3v) is 5.45. The summed E-state index contributed by atoms with van der Waals surface area (Å²) in [5.74, 6) is 0.904. The number of H-pyrrole nitrogens is 1. The van der Waals surface area contributed by atoms with Crippen LogP contribution in [-0.2, 0) is 17.9 Å². The Morgan fingerprint density at radius 1 is 1.26 bits per heavy atom. The number of carbonyl (C=O) groups excluding carboxylic acids is 1. The molecule has 3 aromatic rings. The van der Waals surface area contributed by atoms with Gasteiger partial charge in [0.05, 0.1) is 0 Å². The Bertz CT molecular complexity index is 1100. The predicted octanol–water partition coefficient (Wildman–Crippen LogP) is 1.55. The molecule has 0 bridgehead atoms. The molecule has 0 spiro atoms. The van der Waals surface area contributed by atoms with Gasteiger partial charge in [0, 0.05) is 42.8 Å². The first-order valence-electron chi connectivity index (χ1n) is 10.8. The lowest BCUT2D eigenvalue weighted by Gasteiger charge is -2.13. The molecule has 1 aliphatic carbocycles. The molecule has 0 unspecified atom stereocenters. The van der Waals surface area contributed by atoms with Gasteiger partial charge in [-0.15, -0.1) is 0 Å². The van der Waals surface area contributed by atoms with Crippen LogP contribution in [0.25, 0.3) is 11.0 Å². The number of amides is 1. The van der Waals surface area contributed by atoms with Gasteiger partial charge in [-0.1, -0.05) is 0 Å². The molecule has 0 atom stereocenters. The van der Waals surface area contributed by atoms with Gasteiger partial charge >= 0.3 is 0 Å². The van der Waals surface area contributed by atoms with Crippen LogP contribution in [0, 0.1) is 12.8 Å². The maximum absolute atomic E-state index is 12.8. The van der Waals surface area contributed by atoms with Crippen molar-refractivity contribution in [2.24, 2.45) is 5.92 Å². The number of carbonyl (C=O) groups is 1. The molecule has 3 heterocycles. The van der Waals surface area contributed by atoms with Crippen LogP contribution < -0.4 is 21.5 Å². The van der Waals surface area contributed by atoms with E-state index in [1.165, 1.54) is 17.4 Å². The molecular weight excluding hydrogens is 394 g/mol. The monoisotopic (exact) mass is 423 g/mol. The molecule has 9 nitrogen and oxygen atoms in total. The van der Waals surface area contributed by atoms with Gasteiger partial charge in [0.25, 0.3) is 5.56 Å². The predicted molar refractivity (Wildman–Crippen MR) is 120 cm³/mol. The summed E-state index contributed by atoms with van der Waals surface area (Å²) in [5, 5.41) is 10.4. The summed E-state index contributed by atoms with van der Waals surface area (Å²) in [6.45, 7) is 4.73. The second kappa shape index (κ2) is 9.74. The molecule has 0 radical (unpaired) electrons. The van der Waals surface area contributed by atoms with Crippen molar-refractivity contribution in [2.45, 2.75) is 39.3 Å². The fraction of sp³-hybridized carbons (Fsp3) is 0.455. The number of rotatable bonds is 11. The van der Waals surface area contributed by atoms with Crippen molar-refractivity contribution in [1.29, 1.82) is 0 Å². The van der Waals surface area contributed by atoms with Crippen molar-refractivity contribution in [3.8, 4) is 0 Å². The van der Waals surface area contributed by atoms with E-state index in [9.17, 15) is 9.59 Å². The average molecular weight is 424 g/mol. The summed E-state index contributed by atoms with van der Waals surface area (Å²) in [6.07, 6.45) is 8.75. The molecule has 1 amide bonds. The number of hydrogen-bond donors (Lipinski definition) is 4. The van der Waals surface area contributed by atoms with E-state index in [0.717, 1.165) is 42.0 Å². The first-order valence-corrected chi connectivity index (χ1v) is 10.8. The lowest BCUT2D eigenvalue weighted by molar-refractivity contribution is -0.121. The van der Waals surface area contributed by atoms with Gasteiger partial charge in [-0.2, -0.15) is 0 Å². The lowest BCUT2D eigenvalue weighted by Crippen LogP contribution is -2.34. The molecular formula is C22H29N7O2. The first kappa shape index (κ1) is 21.0. The van der Waals surface area contributed by atoms with Crippen LogP contribution in [0.15, 0.2) is 35.5 Å². The normalized spacial score (nSPS) is 13.5. The molecule has 0 aliphatic heterocycles. The number of aryl methyl sites for hydroxylation is 1. The van der Waals surface area contributed by atoms with Crippen LogP contribution in [0.1, 0.15) is 30.5 Å². The highest BCUT2D eigenvalue weighted by Crippen LogP contribution is 2.27. The van der Waals surface area contributed by atoms with Crippen LogP contribution in [0.5, 0.6) is 0 Å². The molecule has 0 saturated heterocycles. The molecule has 9 heteroatoms. The quantitative estimate of drug-likeness (QED) is 0.348. The molecule has 3 aromatic heterocycles. The third kappa shape index (κ3) is 5.69. The third-order valence-electron chi connectivity index (χ3n) is 5.45. The first-order chi connectivity index (χ1) is 15.1. The van der Waals surface area contributed by atoms with Crippen LogP contribution >= 0.6 is 0 Å². The van der Waals surface area contributed by atoms with Gasteiger partial charge in [-0.05, 0) is 62.9 Å². The Hall–Kier alpha value is -3.20. The second-order valence-electron chi connectivity index (χ2n) is 8.10. The fourth-order valence-electron chi connectivity index (χ4n) is 3.42. The van der Waals surface area contributed by atoms with Crippen molar-refractivity contribution < 1.29 is 4.79 Å². The van der Waals surface area contributed by atoms with E-state index in [4.69, 9.17) is 0 Å². The van der Waals surface area contributed by atoms with Gasteiger partial charge in [0.2, 0.25) is 5.91 Å². The Kier molecular flexibility index (Phi) is 6.61. The Balaban J connectivity index is 1.28. The zero-order valence-electron chi connectivity index (χ0n) is 17.8. The van der Waals surface area contributed by atoms with Crippen molar-refractivity contribution >= 4 is 22.8 Å². The van der Waals surface area contributed by atoms with Crippen molar-refractivity contribution in [2.75, 3.05) is 25.0 Å². The lowest BCUT2D eigenvalue weighted by atomic mass is 10.2. The number of fused-ring (bicyclic) bond motifs is 1. The van der Waals surface area contributed by atoms with E-state index >= 15 is 0 Å². The molecule has 0 aromatic carbocycles. The van der Waals surface area contributed by atoms with E-state index in [0.29, 0.717) is 18.8 Å². The van der Waals surface area contributed by atoms with Gasteiger partial charge in [0.1, 0.15) is 12.2 Å². The number of pyridine rings is 1. The summed E-state index contributed by atoms with van der Waals surface area (Å²) in [7, 11) is 0. The highest BCUT2D eigenvalue weighted by molar-refractivity contribution is 5.77. The number of hydrogen-bond acceptors (Lipinski definition) is 6. The number of anilines is 1. The number of aromatic nitrogens is 4. The maximum atomic E-state index is 12.8. The van der Waals surface area contributed by atoms with Crippen LogP contribution in [0.2, 0.25) is 0 Å². The summed E-state index contributed by atoms with van der Waals surface area (Å²) in [4.78, 5) is 36.8. The van der Waals surface area contributed by atoms with Gasteiger partial charge < -0.3 is 20.9 Å². The topological polar surface area (TPSA) is 117 Å². The molecule has 4 N–H and O–H groups in total. The van der Waals surface area contributed by atoms with Gasteiger partial charge in [0.15, 0.2) is 5.82 Å². The largest absolute Gasteiger partial charge is 0.365 e. The highest BCUT2D eigenvalue weighted by atomic mass is 16.2. The zero-order chi connectivity index (χ0) is 21.6. The SMILES string of the molecule is Cc1cnc(NCCCNCC2CC2)c(=O)n1CC(=O)NCc1cnc2[nH]ccc2c1. The Morgan fingerprint density at radius 2 is 2.13 bits per heavy atom. The fourth-order valence-corrected chi connectivity index (χ4v) is 3.42. The minimum atomic E-state index is -0.281. The Morgan fingerprint density at radius 3 is 2.97 bits per heavy atom. The number of nitrogens with one attached hydrogen (secondary N) is 4. The van der Waals surface area contributed by atoms with Gasteiger partial charge in [-0.25, -0.2) is 9.97 Å². The van der Waals surface area contributed by atoms with E-state index in [2.05, 4.69) is 30.9 Å². The molecule has 4 rings (SSSR count). The minimum absolute atomic E-state index is 0.0510. The number of aromatic amines is 1. The molecule has 31 heavy (non-hydrogen) atoms. The van der Waals surface area contributed by atoms with Crippen LogP contribution in [-0.4, -0.2) is 45.1 Å². The van der Waals surface area contributed by atoms with E-state index in [1.807, 2.05) is 18.3 Å². The summed E-state index contributed by atoms with van der Waals surface area (Å²) >= 11 is 0. The van der Waals surface area contributed by atoms with Crippen LogP contribution in [0.3, 0.4) is 0 Å². The van der Waals surface area contributed by atoms with E-state index in [-0.39, 0.29) is 23.8 Å². The molecule has 1 aliphatic rings. The van der Waals surface area contributed by atoms with Crippen molar-refractivity contribution in [3.63, 3.8) is 0 Å². The summed E-state index contributed by atoms with van der Waals surface area (Å²) in [5.41, 5.74) is 2.08. The van der Waals surface area contributed by atoms with E-state index in [1.54, 1.807) is 19.3 Å². The molecule has 1 saturated carbocycles. The Labute approximate surface area is 180 Å². The van der Waals surface area contributed by atoms with Crippen LogP contribution in [0.4, 0.5) is 5.82 Å². The minimum Gasteiger partial charge on any atom is -0.365 e. The van der Waals surface area contributed by atoms with E-state index < -0.39 is 0 Å². The van der Waals surface area contributed by atoms with Gasteiger partial charge in [-0.3, -0.25) is 14.2 Å². The second-order valence-corrected chi connectivity index (χ2v) is 8.10. The standard InChI is InChI=1S/C22H29N7O2/c1-15-10-27-21(24-7-2-6-23-11-16-3-4-16)22(31)29(15)14-19(30)26-12-17-9-18-5-8-25-20(18)28-13-17/h5,8-10,13,16,23H,2-4,6-7,11-12,14H2,1H3,(H,24,27)(H,25,28)(H,26,30). The zero-order valence-corrected chi connectivity index (χ0v) is 17.8. The maximum Gasteiger partial charge on any atom is 0.293 e. The number of nitrogens with zero attached hydrogens (tertiary/aromatic N) is 3. The highest BCUT2D eigenvalue weighted by Gasteiger charge is 2.19. The average Bonchev–Trinajstić information content (AvgIpc) is 3.47. The smallest absolute Gasteiger partial charge is 0.293 e. The summed E-state index contributed by atoms with van der Waals surface area (Å²) in [6, 6.07) is 3.91.